The number of nitrogens with zero attached hydrogens (tertiary/aromatic N) is 3. The Kier molecular flexibility index (Phi) is 4.30. The SMILES string of the molecule is c1ccc(-n2c3ccccc3c3ccc4c5ccccc5n(-c5nc6ccc7sc8ccccc8c7c6o5)c4c32)cc1. The van der Waals surface area contributed by atoms with Crippen LogP contribution < -0.4 is 0 Å². The van der Waals surface area contributed by atoms with Gasteiger partial charge in [-0.25, -0.2) is 0 Å². The predicted octanol–water partition coefficient (Wildman–Crippen LogP) is 10.4. The van der Waals surface area contributed by atoms with Gasteiger partial charge in [-0.15, -0.1) is 11.3 Å². The molecule has 0 saturated carbocycles. The zero-order valence-electron chi connectivity index (χ0n) is 22.3. The molecule has 4 nitrogen and oxygen atoms in total. The average molecular weight is 556 g/mol. The minimum Gasteiger partial charge on any atom is -0.422 e. The number of para-hydroxylation sites is 3. The number of hydrogen-bond donors (Lipinski definition) is 0. The van der Waals surface area contributed by atoms with E-state index < -0.39 is 0 Å². The van der Waals surface area contributed by atoms with Crippen LogP contribution in [0, 0.1) is 0 Å². The summed E-state index contributed by atoms with van der Waals surface area (Å²) in [6.07, 6.45) is 0. The van der Waals surface area contributed by atoms with Gasteiger partial charge in [-0.3, -0.25) is 4.57 Å². The van der Waals surface area contributed by atoms with Gasteiger partial charge in [0.15, 0.2) is 5.58 Å². The highest BCUT2D eigenvalue weighted by Gasteiger charge is 2.24. The van der Waals surface area contributed by atoms with Crippen molar-refractivity contribution in [2.24, 2.45) is 0 Å². The van der Waals surface area contributed by atoms with Gasteiger partial charge < -0.3 is 8.98 Å². The Bertz CT molecular complexity index is 2690. The lowest BCUT2D eigenvalue weighted by atomic mass is 10.1. The molecule has 0 atom stereocenters. The Labute approximate surface area is 243 Å². The van der Waals surface area contributed by atoms with Crippen LogP contribution in [-0.2, 0) is 0 Å². The normalized spacial score (nSPS) is 12.3. The molecule has 0 aliphatic rings. The molecule has 0 N–H and O–H groups in total. The van der Waals surface area contributed by atoms with Crippen molar-refractivity contribution >= 4 is 86.2 Å². The average Bonchev–Trinajstić information content (AvgIpc) is 3.79. The summed E-state index contributed by atoms with van der Waals surface area (Å²) in [4.78, 5) is 5.15. The summed E-state index contributed by atoms with van der Waals surface area (Å²) < 4.78 is 13.9. The lowest BCUT2D eigenvalue weighted by Gasteiger charge is -2.10. The van der Waals surface area contributed by atoms with Gasteiger partial charge in [-0.1, -0.05) is 84.9 Å². The third-order valence-corrected chi connectivity index (χ3v) is 9.69. The minimum absolute atomic E-state index is 0.580. The molecule has 0 bridgehead atoms. The monoisotopic (exact) mass is 555 g/mol. The molecule has 0 fully saturated rings. The van der Waals surface area contributed by atoms with Gasteiger partial charge in [0, 0.05) is 47.4 Å². The lowest BCUT2D eigenvalue weighted by Crippen LogP contribution is -1.98. The summed E-state index contributed by atoms with van der Waals surface area (Å²) in [6.45, 7) is 0. The molecular weight excluding hydrogens is 534 g/mol. The van der Waals surface area contributed by atoms with Gasteiger partial charge in [0.2, 0.25) is 0 Å². The number of aromatic nitrogens is 3. The largest absolute Gasteiger partial charge is 0.422 e. The van der Waals surface area contributed by atoms with E-state index in [0.717, 1.165) is 38.7 Å². The highest BCUT2D eigenvalue weighted by molar-refractivity contribution is 7.26. The maximum Gasteiger partial charge on any atom is 0.307 e. The van der Waals surface area contributed by atoms with E-state index in [0.29, 0.717) is 6.01 Å². The van der Waals surface area contributed by atoms with Crippen molar-refractivity contribution in [2.45, 2.75) is 0 Å². The molecule has 10 rings (SSSR count). The highest BCUT2D eigenvalue weighted by atomic mass is 32.1. The molecule has 5 heteroatoms. The fourth-order valence-corrected chi connectivity index (χ4v) is 7.93. The van der Waals surface area contributed by atoms with Crippen LogP contribution in [0.2, 0.25) is 0 Å². The van der Waals surface area contributed by atoms with Crippen molar-refractivity contribution in [3.05, 3.63) is 127 Å². The first-order valence-electron chi connectivity index (χ1n) is 14.1. The number of fused-ring (bicyclic) bond motifs is 12. The molecule has 0 amide bonds. The van der Waals surface area contributed by atoms with Crippen molar-refractivity contribution in [1.29, 1.82) is 0 Å². The van der Waals surface area contributed by atoms with Crippen LogP contribution in [0.5, 0.6) is 0 Å². The van der Waals surface area contributed by atoms with Crippen LogP contribution in [0.4, 0.5) is 0 Å². The Morgan fingerprint density at radius 3 is 1.88 bits per heavy atom. The smallest absolute Gasteiger partial charge is 0.307 e. The van der Waals surface area contributed by atoms with Crippen molar-refractivity contribution in [3.63, 3.8) is 0 Å². The molecule has 0 aliphatic heterocycles. The third kappa shape index (κ3) is 2.83. The quantitative estimate of drug-likeness (QED) is 0.213. The summed E-state index contributed by atoms with van der Waals surface area (Å²) in [5.41, 5.74) is 7.30. The molecule has 6 aromatic carbocycles. The molecule has 42 heavy (non-hydrogen) atoms. The summed E-state index contributed by atoms with van der Waals surface area (Å²) >= 11 is 1.79. The first kappa shape index (κ1) is 22.3. The van der Waals surface area contributed by atoms with E-state index in [2.05, 4.69) is 137 Å². The van der Waals surface area contributed by atoms with E-state index in [9.17, 15) is 0 Å². The summed E-state index contributed by atoms with van der Waals surface area (Å²) in [7, 11) is 0. The van der Waals surface area contributed by atoms with Crippen LogP contribution in [0.25, 0.3) is 86.6 Å². The molecule has 10 aromatic rings. The Balaban J connectivity index is 1.42. The van der Waals surface area contributed by atoms with E-state index in [1.54, 1.807) is 11.3 Å². The molecule has 0 radical (unpaired) electrons. The second kappa shape index (κ2) is 8.09. The molecule has 4 aromatic heterocycles. The zero-order valence-corrected chi connectivity index (χ0v) is 23.1. The molecule has 0 spiro atoms. The van der Waals surface area contributed by atoms with Crippen LogP contribution >= 0.6 is 11.3 Å². The van der Waals surface area contributed by atoms with Gasteiger partial charge in [-0.2, -0.15) is 4.98 Å². The van der Waals surface area contributed by atoms with Crippen molar-refractivity contribution in [1.82, 2.24) is 14.1 Å². The molecule has 4 heterocycles. The molecule has 0 unspecified atom stereocenters. The van der Waals surface area contributed by atoms with E-state index in [-0.39, 0.29) is 0 Å². The van der Waals surface area contributed by atoms with E-state index >= 15 is 0 Å². The maximum absolute atomic E-state index is 6.83. The number of oxazole rings is 1. The Morgan fingerprint density at radius 1 is 0.500 bits per heavy atom. The first-order chi connectivity index (χ1) is 20.8. The van der Waals surface area contributed by atoms with Gasteiger partial charge in [0.25, 0.3) is 0 Å². The summed E-state index contributed by atoms with van der Waals surface area (Å²) in [5, 5.41) is 7.11. The third-order valence-electron chi connectivity index (χ3n) is 8.56. The van der Waals surface area contributed by atoms with Crippen molar-refractivity contribution in [2.75, 3.05) is 0 Å². The number of rotatable bonds is 2. The highest BCUT2D eigenvalue weighted by Crippen LogP contribution is 2.43. The van der Waals surface area contributed by atoms with Gasteiger partial charge in [-0.05, 0) is 42.5 Å². The summed E-state index contributed by atoms with van der Waals surface area (Å²) in [5.74, 6) is 0. The van der Waals surface area contributed by atoms with Crippen LogP contribution in [0.1, 0.15) is 0 Å². The second-order valence-corrected chi connectivity index (χ2v) is 11.9. The number of benzene rings is 6. The standard InChI is InChI=1S/C37H21N3OS/c1-2-10-22(11-3-1)39-29-15-7-4-12-23(29)25-18-19-26-24-13-5-8-16-30(24)40(35(26)34(25)39)37-38-28-20-21-32-33(36(28)41-37)27-14-6-9-17-31(27)42-32/h1-21H. The molecule has 0 saturated heterocycles. The fraction of sp³-hybridized carbons (Fsp3) is 0. The predicted molar refractivity (Wildman–Crippen MR) is 176 cm³/mol. The molecule has 196 valence electrons. The second-order valence-electron chi connectivity index (χ2n) is 10.8. The van der Waals surface area contributed by atoms with Gasteiger partial charge in [0.05, 0.1) is 22.1 Å². The van der Waals surface area contributed by atoms with Gasteiger partial charge >= 0.3 is 6.01 Å². The van der Waals surface area contributed by atoms with E-state index in [1.807, 2.05) is 0 Å². The fourth-order valence-electron chi connectivity index (χ4n) is 6.82. The molecular formula is C37H21N3OS. The Morgan fingerprint density at radius 2 is 1.12 bits per heavy atom. The summed E-state index contributed by atoms with van der Waals surface area (Å²) in [6, 6.07) is 45.7. The maximum atomic E-state index is 6.83. The molecule has 0 aliphatic carbocycles. The minimum atomic E-state index is 0.580. The first-order valence-corrected chi connectivity index (χ1v) is 14.9. The van der Waals surface area contributed by atoms with Crippen LogP contribution in [0.15, 0.2) is 132 Å². The number of hydrogen-bond acceptors (Lipinski definition) is 3. The van der Waals surface area contributed by atoms with Crippen LogP contribution in [0.3, 0.4) is 0 Å². The zero-order chi connectivity index (χ0) is 27.4. The lowest BCUT2D eigenvalue weighted by molar-refractivity contribution is 0.577. The topological polar surface area (TPSA) is 35.9 Å². The van der Waals surface area contributed by atoms with E-state index in [4.69, 9.17) is 9.40 Å². The Hall–Kier alpha value is -5.39. The van der Waals surface area contributed by atoms with E-state index in [1.165, 1.54) is 41.8 Å². The number of thiophene rings is 1. The van der Waals surface area contributed by atoms with Crippen molar-refractivity contribution in [3.8, 4) is 11.7 Å². The van der Waals surface area contributed by atoms with Crippen LogP contribution in [-0.4, -0.2) is 14.1 Å². The van der Waals surface area contributed by atoms with Crippen molar-refractivity contribution < 1.29 is 4.42 Å². The van der Waals surface area contributed by atoms with Gasteiger partial charge in [0.1, 0.15) is 5.52 Å².